The Morgan fingerprint density at radius 3 is 2.18 bits per heavy atom. The molecule has 0 fully saturated rings. The third kappa shape index (κ3) is 6.23. The number of ether oxygens (including phenoxy) is 1. The van der Waals surface area contributed by atoms with E-state index in [-0.39, 0.29) is 4.90 Å². The first-order valence-electron chi connectivity index (χ1n) is 10.9. The monoisotopic (exact) mass is 479 g/mol. The first-order valence-corrected chi connectivity index (χ1v) is 12.3. The molecule has 178 valence electrons. The number of rotatable bonds is 9. The van der Waals surface area contributed by atoms with Crippen molar-refractivity contribution in [2.24, 2.45) is 5.10 Å². The van der Waals surface area contributed by atoms with Crippen molar-refractivity contribution in [3.8, 4) is 5.75 Å². The van der Waals surface area contributed by atoms with Crippen LogP contribution in [0, 0.1) is 6.92 Å². The zero-order valence-corrected chi connectivity index (χ0v) is 20.5. The van der Waals surface area contributed by atoms with Crippen LogP contribution in [-0.4, -0.2) is 34.2 Å². The zero-order valence-electron chi connectivity index (χ0n) is 19.7. The van der Waals surface area contributed by atoms with E-state index in [1.165, 1.54) is 6.21 Å². The first kappa shape index (κ1) is 25.0. The lowest BCUT2D eigenvalue weighted by atomic mass is 10.0. The minimum absolute atomic E-state index is 0.112. The van der Waals surface area contributed by atoms with Gasteiger partial charge >= 0.3 is 0 Å². The van der Waals surface area contributed by atoms with Crippen LogP contribution in [0.25, 0.3) is 0 Å². The van der Waals surface area contributed by atoms with Gasteiger partial charge in [-0.25, -0.2) is 13.8 Å². The largest absolute Gasteiger partial charge is 0.497 e. The van der Waals surface area contributed by atoms with E-state index in [0.717, 1.165) is 21.0 Å². The highest BCUT2D eigenvalue weighted by atomic mass is 32.2. The molecule has 1 N–H and O–H groups in total. The highest BCUT2D eigenvalue weighted by molar-refractivity contribution is 7.92. The van der Waals surface area contributed by atoms with E-state index in [1.54, 1.807) is 67.8 Å². The van der Waals surface area contributed by atoms with Crippen LogP contribution in [0.2, 0.25) is 0 Å². The Balaban J connectivity index is 1.83. The van der Waals surface area contributed by atoms with E-state index in [2.05, 4.69) is 24.4 Å². The molecule has 3 rings (SSSR count). The van der Waals surface area contributed by atoms with Gasteiger partial charge < -0.3 is 4.74 Å². The SMILES string of the molecule is COc1ccc(/C=N\NC(=O)CN(c2ccc(C(C)C)cc2)S(=O)(=O)c2ccc(C)cc2)cc1. The van der Waals surface area contributed by atoms with Crippen molar-refractivity contribution in [1.82, 2.24) is 5.43 Å². The van der Waals surface area contributed by atoms with Gasteiger partial charge in [0.2, 0.25) is 0 Å². The second-order valence-electron chi connectivity index (χ2n) is 8.14. The van der Waals surface area contributed by atoms with Crippen molar-refractivity contribution < 1.29 is 17.9 Å². The fourth-order valence-corrected chi connectivity index (χ4v) is 4.63. The van der Waals surface area contributed by atoms with Gasteiger partial charge in [-0.05, 0) is 72.5 Å². The summed E-state index contributed by atoms with van der Waals surface area (Å²) < 4.78 is 33.1. The van der Waals surface area contributed by atoms with Gasteiger partial charge in [0.1, 0.15) is 12.3 Å². The molecule has 0 heterocycles. The summed E-state index contributed by atoms with van der Waals surface area (Å²) in [6.45, 7) is 5.58. The normalized spacial score (nSPS) is 11.6. The molecule has 0 aliphatic heterocycles. The number of anilines is 1. The van der Waals surface area contributed by atoms with Gasteiger partial charge in [-0.3, -0.25) is 9.10 Å². The Kier molecular flexibility index (Phi) is 8.07. The molecule has 0 saturated carbocycles. The Hall–Kier alpha value is -3.65. The number of benzene rings is 3. The van der Waals surface area contributed by atoms with Crippen LogP contribution in [0.3, 0.4) is 0 Å². The summed E-state index contributed by atoms with van der Waals surface area (Å²) in [7, 11) is -2.40. The molecule has 0 saturated heterocycles. The number of sulfonamides is 1. The number of hydrogen-bond acceptors (Lipinski definition) is 5. The Bertz CT molecular complexity index is 1230. The highest BCUT2D eigenvalue weighted by Gasteiger charge is 2.27. The fourth-order valence-electron chi connectivity index (χ4n) is 3.21. The summed E-state index contributed by atoms with van der Waals surface area (Å²) in [4.78, 5) is 12.8. The predicted molar refractivity (Wildman–Crippen MR) is 135 cm³/mol. The van der Waals surface area contributed by atoms with Crippen LogP contribution < -0.4 is 14.5 Å². The number of amides is 1. The van der Waals surface area contributed by atoms with Crippen molar-refractivity contribution in [3.63, 3.8) is 0 Å². The van der Waals surface area contributed by atoms with E-state index >= 15 is 0 Å². The topological polar surface area (TPSA) is 88.1 Å². The minimum Gasteiger partial charge on any atom is -0.497 e. The molecule has 0 atom stereocenters. The Labute approximate surface area is 201 Å². The summed E-state index contributed by atoms with van der Waals surface area (Å²) >= 11 is 0. The molecule has 1 amide bonds. The van der Waals surface area contributed by atoms with Crippen LogP contribution in [0.5, 0.6) is 5.75 Å². The van der Waals surface area contributed by atoms with Crippen molar-refractivity contribution in [3.05, 3.63) is 89.5 Å². The number of hydrogen-bond donors (Lipinski definition) is 1. The van der Waals surface area contributed by atoms with Crippen molar-refractivity contribution >= 4 is 27.8 Å². The molecular formula is C26H29N3O4S. The smallest absolute Gasteiger partial charge is 0.264 e. The molecule has 8 heteroatoms. The lowest BCUT2D eigenvalue weighted by Crippen LogP contribution is -2.39. The molecule has 0 aliphatic rings. The molecule has 0 spiro atoms. The molecule has 0 aliphatic carbocycles. The number of carbonyl (C=O) groups excluding carboxylic acids is 1. The maximum Gasteiger partial charge on any atom is 0.264 e. The van der Waals surface area contributed by atoms with Crippen molar-refractivity contribution in [1.29, 1.82) is 0 Å². The molecule has 0 unspecified atom stereocenters. The fraction of sp³-hybridized carbons (Fsp3) is 0.231. The zero-order chi connectivity index (χ0) is 24.7. The van der Waals surface area contributed by atoms with Gasteiger partial charge in [0, 0.05) is 0 Å². The lowest BCUT2D eigenvalue weighted by molar-refractivity contribution is -0.119. The second kappa shape index (κ2) is 11.0. The quantitative estimate of drug-likeness (QED) is 0.362. The third-order valence-corrected chi connectivity index (χ3v) is 7.05. The third-order valence-electron chi connectivity index (χ3n) is 5.26. The highest BCUT2D eigenvalue weighted by Crippen LogP contribution is 2.26. The Morgan fingerprint density at radius 1 is 1.00 bits per heavy atom. The Morgan fingerprint density at radius 2 is 1.62 bits per heavy atom. The van der Waals surface area contributed by atoms with Gasteiger partial charge in [-0.1, -0.05) is 43.7 Å². The average molecular weight is 480 g/mol. The number of nitrogens with zero attached hydrogens (tertiary/aromatic N) is 2. The summed E-state index contributed by atoms with van der Waals surface area (Å²) in [5.41, 5.74) is 5.59. The number of hydrazone groups is 1. The molecule has 34 heavy (non-hydrogen) atoms. The first-order chi connectivity index (χ1) is 16.2. The molecule has 7 nitrogen and oxygen atoms in total. The maximum atomic E-state index is 13.4. The number of nitrogens with one attached hydrogen (secondary N) is 1. The van der Waals surface area contributed by atoms with Crippen LogP contribution in [0.4, 0.5) is 5.69 Å². The number of methoxy groups -OCH3 is 1. The minimum atomic E-state index is -3.98. The van der Waals surface area contributed by atoms with Gasteiger partial charge in [-0.15, -0.1) is 0 Å². The van der Waals surface area contributed by atoms with Gasteiger partial charge in [0.25, 0.3) is 15.9 Å². The summed E-state index contributed by atoms with van der Waals surface area (Å²) in [6.07, 6.45) is 1.48. The molecule has 0 bridgehead atoms. The van der Waals surface area contributed by atoms with E-state index < -0.39 is 22.5 Å². The average Bonchev–Trinajstić information content (AvgIpc) is 2.83. The summed E-state index contributed by atoms with van der Waals surface area (Å²) in [6, 6.07) is 20.9. The van der Waals surface area contributed by atoms with E-state index in [9.17, 15) is 13.2 Å². The summed E-state index contributed by atoms with van der Waals surface area (Å²) in [5, 5.41) is 3.96. The molecule has 3 aromatic rings. The van der Waals surface area contributed by atoms with E-state index in [4.69, 9.17) is 4.74 Å². The molecule has 0 aromatic heterocycles. The number of aryl methyl sites for hydroxylation is 1. The van der Waals surface area contributed by atoms with Crippen molar-refractivity contribution in [2.75, 3.05) is 18.0 Å². The van der Waals surface area contributed by atoms with Gasteiger partial charge in [0.15, 0.2) is 0 Å². The molecular weight excluding hydrogens is 450 g/mol. The van der Waals surface area contributed by atoms with E-state index in [1.807, 2.05) is 19.1 Å². The second-order valence-corrected chi connectivity index (χ2v) is 10.00. The maximum absolute atomic E-state index is 13.4. The standard InChI is InChI=1S/C26H29N3O4S/c1-19(2)22-9-11-23(12-10-22)29(34(31,32)25-15-5-20(3)6-16-25)18-26(30)28-27-17-21-7-13-24(33-4)14-8-21/h5-17,19H,18H2,1-4H3,(H,28,30)/b27-17-. The van der Waals surface area contributed by atoms with Crippen LogP contribution in [-0.2, 0) is 14.8 Å². The lowest BCUT2D eigenvalue weighted by Gasteiger charge is -2.24. The van der Waals surface area contributed by atoms with Crippen LogP contribution >= 0.6 is 0 Å². The van der Waals surface area contributed by atoms with Crippen molar-refractivity contribution in [2.45, 2.75) is 31.6 Å². The predicted octanol–water partition coefficient (Wildman–Crippen LogP) is 4.47. The van der Waals surface area contributed by atoms with Gasteiger partial charge in [0.05, 0.1) is 23.9 Å². The van der Waals surface area contributed by atoms with E-state index in [0.29, 0.717) is 17.4 Å². The molecule has 0 radical (unpaired) electrons. The van der Waals surface area contributed by atoms with Gasteiger partial charge in [-0.2, -0.15) is 5.10 Å². The van der Waals surface area contributed by atoms with Crippen LogP contribution in [0.1, 0.15) is 36.5 Å². The summed E-state index contributed by atoms with van der Waals surface area (Å²) in [5.74, 6) is 0.446. The van der Waals surface area contributed by atoms with Crippen LogP contribution in [0.15, 0.2) is 82.8 Å². The number of carbonyl (C=O) groups is 1. The molecule has 3 aromatic carbocycles.